The molecule has 1 aliphatic carbocycles. The van der Waals surface area contributed by atoms with Crippen molar-refractivity contribution < 1.29 is 19.4 Å². The summed E-state index contributed by atoms with van der Waals surface area (Å²) in [7, 11) is 0. The number of hydrogen-bond acceptors (Lipinski definition) is 4. The van der Waals surface area contributed by atoms with E-state index in [0.717, 1.165) is 47.7 Å². The van der Waals surface area contributed by atoms with E-state index in [-0.39, 0.29) is 24.1 Å². The molecule has 0 bridgehead atoms. The number of carboxylic acid groups (broad SMARTS) is 1. The van der Waals surface area contributed by atoms with Crippen molar-refractivity contribution in [1.82, 2.24) is 15.2 Å². The number of carbonyl (C=O) groups is 2. The van der Waals surface area contributed by atoms with Gasteiger partial charge in [-0.3, -0.25) is 9.78 Å². The number of nitrogens with zero attached hydrogens (tertiary/aromatic N) is 2. The van der Waals surface area contributed by atoms with E-state index in [1.165, 1.54) is 4.90 Å². The second kappa shape index (κ2) is 8.39. The zero-order valence-corrected chi connectivity index (χ0v) is 18.6. The minimum Gasteiger partial charge on any atom is -0.491 e. The maximum Gasteiger partial charge on any atom is 0.407 e. The van der Waals surface area contributed by atoms with Gasteiger partial charge in [-0.25, -0.2) is 4.79 Å². The first-order valence-corrected chi connectivity index (χ1v) is 11.4. The zero-order chi connectivity index (χ0) is 23.0. The number of benzene rings is 2. The van der Waals surface area contributed by atoms with Crippen LogP contribution in [0.1, 0.15) is 47.2 Å². The fourth-order valence-corrected chi connectivity index (χ4v) is 4.78. The van der Waals surface area contributed by atoms with Gasteiger partial charge in [0.05, 0.1) is 17.1 Å². The smallest absolute Gasteiger partial charge is 0.407 e. The minimum atomic E-state index is -0.913. The molecule has 0 spiro atoms. The van der Waals surface area contributed by atoms with Gasteiger partial charge in [-0.05, 0) is 68.0 Å². The molecule has 0 radical (unpaired) electrons. The van der Waals surface area contributed by atoms with Crippen LogP contribution >= 0.6 is 0 Å². The van der Waals surface area contributed by atoms with Gasteiger partial charge in [0.1, 0.15) is 12.4 Å². The number of pyridine rings is 1. The highest BCUT2D eigenvalue weighted by molar-refractivity contribution is 5.97. The Labute approximate surface area is 192 Å². The number of nitrogens with one attached hydrogen (secondary N) is 1. The monoisotopic (exact) mass is 445 g/mol. The molecular weight excluding hydrogens is 418 g/mol. The SMILES string of the molecule is Cc1ccc(OCC2CCCN2C(=O)O)cc1C(=O)NC1(c2cccc3ncccc23)CC1. The highest BCUT2D eigenvalue weighted by atomic mass is 16.5. The van der Waals surface area contributed by atoms with Crippen molar-refractivity contribution >= 4 is 22.9 Å². The first-order valence-electron chi connectivity index (χ1n) is 11.4. The van der Waals surface area contributed by atoms with Crippen LogP contribution in [0, 0.1) is 6.92 Å². The van der Waals surface area contributed by atoms with Crippen LogP contribution in [-0.4, -0.2) is 46.2 Å². The lowest BCUT2D eigenvalue weighted by molar-refractivity contribution is 0.0930. The van der Waals surface area contributed by atoms with Crippen LogP contribution in [-0.2, 0) is 5.54 Å². The van der Waals surface area contributed by atoms with Crippen molar-refractivity contribution in [2.24, 2.45) is 0 Å². The molecule has 33 heavy (non-hydrogen) atoms. The van der Waals surface area contributed by atoms with Gasteiger partial charge >= 0.3 is 6.09 Å². The fourth-order valence-electron chi connectivity index (χ4n) is 4.78. The quantitative estimate of drug-likeness (QED) is 0.584. The van der Waals surface area contributed by atoms with E-state index in [0.29, 0.717) is 17.9 Å². The van der Waals surface area contributed by atoms with E-state index < -0.39 is 6.09 Å². The minimum absolute atomic E-state index is 0.135. The third kappa shape index (κ3) is 4.11. The van der Waals surface area contributed by atoms with Crippen molar-refractivity contribution in [1.29, 1.82) is 0 Å². The summed E-state index contributed by atoms with van der Waals surface area (Å²) in [5.41, 5.74) is 3.07. The number of aromatic nitrogens is 1. The third-order valence-corrected chi connectivity index (χ3v) is 6.78. The molecule has 1 aromatic heterocycles. The highest BCUT2D eigenvalue weighted by Crippen LogP contribution is 2.48. The average molecular weight is 446 g/mol. The Balaban J connectivity index is 1.33. The van der Waals surface area contributed by atoms with Crippen LogP contribution in [0.4, 0.5) is 4.79 Å². The standard InChI is InChI=1S/C26H27N3O4/c1-17-9-10-19(33-16-18-5-4-14-29(18)25(31)32)15-21(17)24(30)28-26(11-12-26)22-7-2-8-23-20(22)6-3-13-27-23/h2-3,6-10,13,15,18H,4-5,11-12,14,16H2,1H3,(H,28,30)(H,31,32). The van der Waals surface area contributed by atoms with Crippen molar-refractivity contribution in [3.05, 3.63) is 71.4 Å². The maximum absolute atomic E-state index is 13.3. The Kier molecular flexibility index (Phi) is 5.40. The molecule has 7 nitrogen and oxygen atoms in total. The van der Waals surface area contributed by atoms with Gasteiger partial charge < -0.3 is 20.1 Å². The Bertz CT molecular complexity index is 1220. The molecule has 1 aliphatic heterocycles. The molecule has 1 unspecified atom stereocenters. The molecule has 2 heterocycles. The first-order chi connectivity index (χ1) is 16.0. The number of fused-ring (bicyclic) bond motifs is 1. The number of rotatable bonds is 6. The molecule has 2 aliphatic rings. The van der Waals surface area contributed by atoms with Crippen LogP contribution in [0.5, 0.6) is 5.75 Å². The lowest BCUT2D eigenvalue weighted by Gasteiger charge is -2.22. The number of hydrogen-bond donors (Lipinski definition) is 2. The number of aryl methyl sites for hydroxylation is 1. The molecule has 2 N–H and O–H groups in total. The van der Waals surface area contributed by atoms with E-state index in [2.05, 4.69) is 16.4 Å². The van der Waals surface area contributed by atoms with Crippen LogP contribution in [0.3, 0.4) is 0 Å². The molecule has 2 amide bonds. The van der Waals surface area contributed by atoms with Crippen molar-refractivity contribution in [2.75, 3.05) is 13.2 Å². The Morgan fingerprint density at radius 1 is 1.21 bits per heavy atom. The van der Waals surface area contributed by atoms with Crippen molar-refractivity contribution in [3.8, 4) is 5.75 Å². The summed E-state index contributed by atoms with van der Waals surface area (Å²) in [5, 5.41) is 13.7. The van der Waals surface area contributed by atoms with Gasteiger partial charge in [0.25, 0.3) is 5.91 Å². The molecule has 7 heteroatoms. The third-order valence-electron chi connectivity index (χ3n) is 6.78. The summed E-state index contributed by atoms with van der Waals surface area (Å²) >= 11 is 0. The molecule has 170 valence electrons. The zero-order valence-electron chi connectivity index (χ0n) is 18.6. The van der Waals surface area contributed by atoms with E-state index >= 15 is 0 Å². The molecular formula is C26H27N3O4. The van der Waals surface area contributed by atoms with Crippen LogP contribution in [0.2, 0.25) is 0 Å². The summed E-state index contributed by atoms with van der Waals surface area (Å²) in [5.74, 6) is 0.437. The average Bonchev–Trinajstić information content (AvgIpc) is 3.43. The highest BCUT2D eigenvalue weighted by Gasteiger charge is 2.46. The van der Waals surface area contributed by atoms with Crippen LogP contribution < -0.4 is 10.1 Å². The Hall–Kier alpha value is -3.61. The van der Waals surface area contributed by atoms with Crippen molar-refractivity contribution in [2.45, 2.75) is 44.2 Å². The first kappa shape index (κ1) is 21.2. The van der Waals surface area contributed by atoms with Gasteiger partial charge in [0.15, 0.2) is 0 Å². The summed E-state index contributed by atoms with van der Waals surface area (Å²) in [6, 6.07) is 15.3. The summed E-state index contributed by atoms with van der Waals surface area (Å²) in [4.78, 5) is 30.6. The maximum atomic E-state index is 13.3. The molecule has 3 aromatic rings. The summed E-state index contributed by atoms with van der Waals surface area (Å²) in [6.07, 6.45) is 4.26. The topological polar surface area (TPSA) is 91.8 Å². The predicted octanol–water partition coefficient (Wildman–Crippen LogP) is 4.48. The van der Waals surface area contributed by atoms with E-state index in [9.17, 15) is 14.7 Å². The second-order valence-electron chi connectivity index (χ2n) is 8.97. The number of ether oxygens (including phenoxy) is 1. The van der Waals surface area contributed by atoms with Gasteiger partial charge in [-0.1, -0.05) is 24.3 Å². The lowest BCUT2D eigenvalue weighted by atomic mass is 9.98. The number of carbonyl (C=O) groups excluding carboxylic acids is 1. The number of likely N-dealkylation sites (tertiary alicyclic amines) is 1. The van der Waals surface area contributed by atoms with Crippen LogP contribution in [0.25, 0.3) is 10.9 Å². The van der Waals surface area contributed by atoms with Crippen LogP contribution in [0.15, 0.2) is 54.7 Å². The normalized spacial score (nSPS) is 18.8. The largest absolute Gasteiger partial charge is 0.491 e. The molecule has 5 rings (SSSR count). The molecule has 2 aromatic carbocycles. The summed E-state index contributed by atoms with van der Waals surface area (Å²) < 4.78 is 5.91. The predicted molar refractivity (Wildman–Crippen MR) is 125 cm³/mol. The van der Waals surface area contributed by atoms with E-state index in [1.807, 2.05) is 43.3 Å². The van der Waals surface area contributed by atoms with Gasteiger partial charge in [-0.2, -0.15) is 0 Å². The van der Waals surface area contributed by atoms with E-state index in [4.69, 9.17) is 4.74 Å². The Morgan fingerprint density at radius 3 is 2.85 bits per heavy atom. The van der Waals surface area contributed by atoms with E-state index in [1.54, 1.807) is 12.3 Å². The molecule has 1 saturated carbocycles. The molecule has 1 saturated heterocycles. The number of amides is 2. The van der Waals surface area contributed by atoms with Gasteiger partial charge in [0, 0.05) is 23.7 Å². The second-order valence-corrected chi connectivity index (χ2v) is 8.97. The van der Waals surface area contributed by atoms with Crippen molar-refractivity contribution in [3.63, 3.8) is 0 Å². The Morgan fingerprint density at radius 2 is 2.06 bits per heavy atom. The lowest BCUT2D eigenvalue weighted by Crippen LogP contribution is -2.38. The summed E-state index contributed by atoms with van der Waals surface area (Å²) in [6.45, 7) is 2.73. The molecule has 1 atom stereocenters. The molecule has 2 fully saturated rings. The van der Waals surface area contributed by atoms with Gasteiger partial charge in [-0.15, -0.1) is 0 Å². The fraction of sp³-hybridized carbons (Fsp3) is 0.346. The van der Waals surface area contributed by atoms with Gasteiger partial charge in [0.2, 0.25) is 0 Å².